The molecule has 1 N–H and O–H groups in total. The fourth-order valence-corrected chi connectivity index (χ4v) is 2.90. The summed E-state index contributed by atoms with van der Waals surface area (Å²) < 4.78 is 0. The highest BCUT2D eigenvalue weighted by Gasteiger charge is 2.01. The lowest BCUT2D eigenvalue weighted by Gasteiger charge is -2.01. The van der Waals surface area contributed by atoms with Crippen molar-refractivity contribution in [2.75, 3.05) is 0 Å². The van der Waals surface area contributed by atoms with Gasteiger partial charge in [0.25, 0.3) is 0 Å². The maximum absolute atomic E-state index is 10.8. The highest BCUT2D eigenvalue weighted by molar-refractivity contribution is 5.86. The van der Waals surface area contributed by atoms with Gasteiger partial charge in [0.15, 0.2) is 0 Å². The van der Waals surface area contributed by atoms with Crippen molar-refractivity contribution in [3.05, 3.63) is 23.8 Å². The number of unbranched alkanes of at least 4 members (excludes halogenated alkanes) is 12. The molecule has 0 atom stereocenters. The summed E-state index contributed by atoms with van der Waals surface area (Å²) in [7, 11) is 0. The molecule has 24 heavy (non-hydrogen) atoms. The van der Waals surface area contributed by atoms with Crippen LogP contribution in [-0.4, -0.2) is 11.1 Å². The van der Waals surface area contributed by atoms with E-state index in [1.807, 2.05) is 13.0 Å². The van der Waals surface area contributed by atoms with Crippen LogP contribution >= 0.6 is 0 Å². The summed E-state index contributed by atoms with van der Waals surface area (Å²) in [5.74, 6) is -0.776. The normalized spacial score (nSPS) is 12.2. The largest absolute Gasteiger partial charge is 0.478 e. The molecule has 0 aliphatic rings. The van der Waals surface area contributed by atoms with Crippen LogP contribution in [0.2, 0.25) is 0 Å². The molecule has 0 heterocycles. The van der Waals surface area contributed by atoms with Gasteiger partial charge < -0.3 is 5.11 Å². The Labute approximate surface area is 150 Å². The highest BCUT2D eigenvalue weighted by atomic mass is 16.4. The van der Waals surface area contributed by atoms with Crippen molar-refractivity contribution in [2.24, 2.45) is 0 Å². The van der Waals surface area contributed by atoms with E-state index in [-0.39, 0.29) is 0 Å². The molecule has 0 fully saturated rings. The van der Waals surface area contributed by atoms with Gasteiger partial charge in [-0.05, 0) is 32.1 Å². The minimum Gasteiger partial charge on any atom is -0.478 e. The Balaban J connectivity index is 3.31. The molecule has 0 saturated heterocycles. The van der Waals surface area contributed by atoms with Gasteiger partial charge in [-0.1, -0.05) is 96.3 Å². The lowest BCUT2D eigenvalue weighted by molar-refractivity contribution is -0.132. The number of rotatable bonds is 17. The quantitative estimate of drug-likeness (QED) is 0.170. The van der Waals surface area contributed by atoms with E-state index in [1.54, 1.807) is 0 Å². The smallest absolute Gasteiger partial charge is 0.331 e. The van der Waals surface area contributed by atoms with Crippen LogP contribution in [0.25, 0.3) is 0 Å². The maximum Gasteiger partial charge on any atom is 0.331 e. The summed E-state index contributed by atoms with van der Waals surface area (Å²) in [6, 6.07) is 0. The van der Waals surface area contributed by atoms with Crippen LogP contribution in [0.4, 0.5) is 0 Å². The highest BCUT2D eigenvalue weighted by Crippen LogP contribution is 2.12. The molecular weight excluding hydrogens is 296 g/mol. The second-order valence-corrected chi connectivity index (χ2v) is 6.76. The predicted molar refractivity (Wildman–Crippen MR) is 105 cm³/mol. The van der Waals surface area contributed by atoms with E-state index in [9.17, 15) is 4.79 Å². The fourth-order valence-electron chi connectivity index (χ4n) is 2.90. The molecular formula is C22H40O2. The van der Waals surface area contributed by atoms with Crippen molar-refractivity contribution in [2.45, 2.75) is 110 Å². The van der Waals surface area contributed by atoms with Crippen molar-refractivity contribution in [1.29, 1.82) is 0 Å². The second kappa shape index (κ2) is 18.3. The van der Waals surface area contributed by atoms with Crippen LogP contribution in [0.1, 0.15) is 110 Å². The number of carbonyl (C=O) groups is 1. The van der Waals surface area contributed by atoms with Crippen molar-refractivity contribution in [3.8, 4) is 0 Å². The number of carboxylic acids is 1. The first-order valence-corrected chi connectivity index (χ1v) is 10.3. The molecule has 0 aliphatic heterocycles. The van der Waals surface area contributed by atoms with Crippen molar-refractivity contribution in [1.82, 2.24) is 0 Å². The Bertz CT molecular complexity index is 342. The first-order chi connectivity index (χ1) is 11.7. The third-order valence-corrected chi connectivity index (χ3v) is 4.52. The fraction of sp³-hybridized carbons (Fsp3) is 0.773. The van der Waals surface area contributed by atoms with Crippen LogP contribution in [-0.2, 0) is 4.79 Å². The standard InChI is InChI=1S/C22H40O2/c1-3-5-6-7-8-9-10-11-12-13-14-15-16-17-18-19-20-21(4-2)22(23)24/h16-17,20H,3-15,18-19H2,1-2H3,(H,23,24). The summed E-state index contributed by atoms with van der Waals surface area (Å²) in [6.45, 7) is 4.16. The third kappa shape index (κ3) is 15.8. The summed E-state index contributed by atoms with van der Waals surface area (Å²) in [4.78, 5) is 10.8. The Morgan fingerprint density at radius 3 is 1.71 bits per heavy atom. The van der Waals surface area contributed by atoms with Crippen LogP contribution < -0.4 is 0 Å². The van der Waals surface area contributed by atoms with Crippen LogP contribution in [0.3, 0.4) is 0 Å². The van der Waals surface area contributed by atoms with E-state index < -0.39 is 5.97 Å². The monoisotopic (exact) mass is 336 g/mol. The van der Waals surface area contributed by atoms with Gasteiger partial charge in [0, 0.05) is 5.57 Å². The van der Waals surface area contributed by atoms with Crippen LogP contribution in [0, 0.1) is 0 Å². The molecule has 0 aromatic rings. The number of hydrogen-bond acceptors (Lipinski definition) is 1. The summed E-state index contributed by atoms with van der Waals surface area (Å²) >= 11 is 0. The van der Waals surface area contributed by atoms with Crippen LogP contribution in [0.5, 0.6) is 0 Å². The lowest BCUT2D eigenvalue weighted by Crippen LogP contribution is -1.98. The Hall–Kier alpha value is -1.05. The molecule has 2 nitrogen and oxygen atoms in total. The molecule has 2 heteroatoms. The SMILES string of the molecule is CCCCCCCCCCCCCC=CCCC=C(CC)C(=O)O. The molecule has 140 valence electrons. The minimum absolute atomic E-state index is 0.536. The van der Waals surface area contributed by atoms with Crippen molar-refractivity contribution >= 4 is 5.97 Å². The molecule has 0 spiro atoms. The van der Waals surface area contributed by atoms with E-state index in [0.717, 1.165) is 12.8 Å². The Morgan fingerprint density at radius 2 is 1.21 bits per heavy atom. The van der Waals surface area contributed by atoms with E-state index in [0.29, 0.717) is 12.0 Å². The van der Waals surface area contributed by atoms with Gasteiger partial charge in [-0.25, -0.2) is 4.79 Å². The molecule has 0 aliphatic carbocycles. The van der Waals surface area contributed by atoms with Gasteiger partial charge in [0.2, 0.25) is 0 Å². The van der Waals surface area contributed by atoms with Crippen molar-refractivity contribution in [3.63, 3.8) is 0 Å². The number of carboxylic acid groups (broad SMARTS) is 1. The molecule has 0 aromatic carbocycles. The Kier molecular flexibility index (Phi) is 17.5. The first-order valence-electron chi connectivity index (χ1n) is 10.3. The second-order valence-electron chi connectivity index (χ2n) is 6.76. The molecule has 0 unspecified atom stereocenters. The Morgan fingerprint density at radius 1 is 0.708 bits per heavy atom. The zero-order valence-corrected chi connectivity index (χ0v) is 16.2. The van der Waals surface area contributed by atoms with Gasteiger partial charge in [-0.15, -0.1) is 0 Å². The average molecular weight is 337 g/mol. The molecule has 0 radical (unpaired) electrons. The van der Waals surface area contributed by atoms with E-state index in [4.69, 9.17) is 5.11 Å². The van der Waals surface area contributed by atoms with Gasteiger partial charge in [-0.2, -0.15) is 0 Å². The summed E-state index contributed by atoms with van der Waals surface area (Å²) in [5.41, 5.74) is 0.536. The van der Waals surface area contributed by atoms with Crippen LogP contribution in [0.15, 0.2) is 23.8 Å². The van der Waals surface area contributed by atoms with Gasteiger partial charge in [-0.3, -0.25) is 0 Å². The van der Waals surface area contributed by atoms with E-state index >= 15 is 0 Å². The third-order valence-electron chi connectivity index (χ3n) is 4.52. The van der Waals surface area contributed by atoms with E-state index in [2.05, 4.69) is 19.1 Å². The number of hydrogen-bond donors (Lipinski definition) is 1. The summed E-state index contributed by atoms with van der Waals surface area (Å²) in [6.07, 6.45) is 25.2. The average Bonchev–Trinajstić information content (AvgIpc) is 2.57. The minimum atomic E-state index is -0.776. The van der Waals surface area contributed by atoms with E-state index in [1.165, 1.54) is 77.0 Å². The predicted octanol–water partition coefficient (Wildman–Crippen LogP) is 7.44. The van der Waals surface area contributed by atoms with Gasteiger partial charge in [0.05, 0.1) is 0 Å². The number of aliphatic carboxylic acids is 1. The van der Waals surface area contributed by atoms with Gasteiger partial charge >= 0.3 is 5.97 Å². The zero-order valence-electron chi connectivity index (χ0n) is 16.2. The zero-order chi connectivity index (χ0) is 17.9. The molecule has 0 rings (SSSR count). The molecule has 0 aromatic heterocycles. The topological polar surface area (TPSA) is 37.3 Å². The lowest BCUT2D eigenvalue weighted by atomic mass is 10.1. The molecule has 0 saturated carbocycles. The summed E-state index contributed by atoms with van der Waals surface area (Å²) in [5, 5.41) is 8.91. The van der Waals surface area contributed by atoms with Gasteiger partial charge in [0.1, 0.15) is 0 Å². The number of allylic oxidation sites excluding steroid dienone is 3. The molecule has 0 bridgehead atoms. The molecule has 0 amide bonds. The first kappa shape index (κ1) is 22.9. The maximum atomic E-state index is 10.8. The van der Waals surface area contributed by atoms with Crippen molar-refractivity contribution < 1.29 is 9.90 Å².